The molecule has 0 N–H and O–H groups in total. The van der Waals surface area contributed by atoms with Gasteiger partial charge in [-0.25, -0.2) is 0 Å². The minimum atomic E-state index is -0.203. The number of rotatable bonds is 4. The van der Waals surface area contributed by atoms with Crippen LogP contribution >= 0.6 is 0 Å². The molecule has 3 nitrogen and oxygen atoms in total. The van der Waals surface area contributed by atoms with E-state index in [4.69, 9.17) is 10.1 Å². The first-order valence-electron chi connectivity index (χ1n) is 4.42. The van der Waals surface area contributed by atoms with Gasteiger partial charge in [-0.15, -0.1) is 0 Å². The van der Waals surface area contributed by atoms with Crippen molar-refractivity contribution >= 4 is 6.21 Å². The molecule has 0 bridgehead atoms. The molecule has 0 saturated heterocycles. The fourth-order valence-electron chi connectivity index (χ4n) is 0.854. The second-order valence-electron chi connectivity index (χ2n) is 2.93. The Kier molecular flexibility index (Phi) is 4.22. The molecule has 0 aliphatic rings. The Hall–Kier alpha value is -1.82. The van der Waals surface area contributed by atoms with E-state index in [0.29, 0.717) is 6.61 Å². The lowest BCUT2D eigenvalue weighted by Gasteiger charge is -1.98. The summed E-state index contributed by atoms with van der Waals surface area (Å²) in [5.41, 5.74) is 1.06. The Bertz CT molecular complexity index is 327. The lowest BCUT2D eigenvalue weighted by molar-refractivity contribution is 0.131. The first kappa shape index (κ1) is 10.3. The molecule has 14 heavy (non-hydrogen) atoms. The minimum absolute atomic E-state index is 0.203. The summed E-state index contributed by atoms with van der Waals surface area (Å²) in [5, 5.41) is 12.1. The van der Waals surface area contributed by atoms with E-state index in [0.717, 1.165) is 5.56 Å². The SMILES string of the molecule is CC(C#N)C=NOCc1ccccc1. The standard InChI is InChI=1S/C11H12N2O/c1-10(7-12)8-13-14-9-11-5-3-2-4-6-11/h2-6,8,10H,9H2,1H3. The largest absolute Gasteiger partial charge is 0.391 e. The van der Waals surface area contributed by atoms with Crippen LogP contribution in [0.1, 0.15) is 12.5 Å². The lowest BCUT2D eigenvalue weighted by atomic mass is 10.2. The van der Waals surface area contributed by atoms with Gasteiger partial charge in [0.25, 0.3) is 0 Å². The van der Waals surface area contributed by atoms with Gasteiger partial charge in [0, 0.05) is 0 Å². The van der Waals surface area contributed by atoms with Crippen LogP contribution in [0, 0.1) is 17.2 Å². The zero-order valence-corrected chi connectivity index (χ0v) is 8.05. The van der Waals surface area contributed by atoms with Crippen LogP contribution in [0.15, 0.2) is 35.5 Å². The van der Waals surface area contributed by atoms with Gasteiger partial charge >= 0.3 is 0 Å². The van der Waals surface area contributed by atoms with Gasteiger partial charge < -0.3 is 4.84 Å². The summed E-state index contributed by atoms with van der Waals surface area (Å²) in [6.07, 6.45) is 1.49. The number of oxime groups is 1. The van der Waals surface area contributed by atoms with E-state index in [9.17, 15) is 0 Å². The highest BCUT2D eigenvalue weighted by molar-refractivity contribution is 5.62. The molecule has 0 radical (unpaired) electrons. The van der Waals surface area contributed by atoms with Gasteiger partial charge in [-0.05, 0) is 12.5 Å². The van der Waals surface area contributed by atoms with Crippen molar-refractivity contribution in [2.75, 3.05) is 0 Å². The topological polar surface area (TPSA) is 45.4 Å². The Morgan fingerprint density at radius 1 is 1.50 bits per heavy atom. The van der Waals surface area contributed by atoms with Crippen LogP contribution in [-0.4, -0.2) is 6.21 Å². The third kappa shape index (κ3) is 3.72. The fraction of sp³-hybridized carbons (Fsp3) is 0.273. The van der Waals surface area contributed by atoms with E-state index in [-0.39, 0.29) is 5.92 Å². The molecule has 1 unspecified atom stereocenters. The molecular weight excluding hydrogens is 176 g/mol. The van der Waals surface area contributed by atoms with Crippen LogP contribution in [0.2, 0.25) is 0 Å². The monoisotopic (exact) mass is 188 g/mol. The van der Waals surface area contributed by atoms with Crippen molar-refractivity contribution in [2.45, 2.75) is 13.5 Å². The summed E-state index contributed by atoms with van der Waals surface area (Å²) >= 11 is 0. The zero-order valence-electron chi connectivity index (χ0n) is 8.05. The highest BCUT2D eigenvalue weighted by Crippen LogP contribution is 2.00. The highest BCUT2D eigenvalue weighted by Gasteiger charge is 1.92. The predicted octanol–water partition coefficient (Wildman–Crippen LogP) is 2.35. The quantitative estimate of drug-likeness (QED) is 0.537. The van der Waals surface area contributed by atoms with Crippen molar-refractivity contribution in [1.29, 1.82) is 5.26 Å². The van der Waals surface area contributed by atoms with Crippen LogP contribution in [-0.2, 0) is 11.4 Å². The summed E-state index contributed by atoms with van der Waals surface area (Å²) in [6.45, 7) is 2.20. The summed E-state index contributed by atoms with van der Waals surface area (Å²) in [4.78, 5) is 5.01. The fourth-order valence-corrected chi connectivity index (χ4v) is 0.854. The predicted molar refractivity (Wildman–Crippen MR) is 54.5 cm³/mol. The smallest absolute Gasteiger partial charge is 0.142 e. The van der Waals surface area contributed by atoms with Gasteiger partial charge in [0.1, 0.15) is 6.61 Å². The number of nitrogens with zero attached hydrogens (tertiary/aromatic N) is 2. The van der Waals surface area contributed by atoms with Gasteiger partial charge in [0.15, 0.2) is 0 Å². The first-order valence-corrected chi connectivity index (χ1v) is 4.42. The maximum absolute atomic E-state index is 8.45. The van der Waals surface area contributed by atoms with Crippen LogP contribution in [0.25, 0.3) is 0 Å². The van der Waals surface area contributed by atoms with Gasteiger partial charge in [-0.3, -0.25) is 0 Å². The normalized spacial score (nSPS) is 12.3. The molecule has 1 aromatic rings. The summed E-state index contributed by atoms with van der Waals surface area (Å²) in [5.74, 6) is -0.203. The third-order valence-electron chi connectivity index (χ3n) is 1.64. The molecule has 0 aromatic heterocycles. The maximum atomic E-state index is 8.45. The molecule has 72 valence electrons. The van der Waals surface area contributed by atoms with E-state index >= 15 is 0 Å². The summed E-state index contributed by atoms with van der Waals surface area (Å²) in [6, 6.07) is 11.8. The van der Waals surface area contributed by atoms with Crippen molar-refractivity contribution in [3.8, 4) is 6.07 Å². The molecule has 0 spiro atoms. The molecule has 3 heteroatoms. The molecule has 1 aromatic carbocycles. The van der Waals surface area contributed by atoms with Crippen LogP contribution in [0.4, 0.5) is 0 Å². The minimum Gasteiger partial charge on any atom is -0.391 e. The Morgan fingerprint density at radius 3 is 2.86 bits per heavy atom. The molecule has 0 fully saturated rings. The Morgan fingerprint density at radius 2 is 2.21 bits per heavy atom. The Labute approximate surface area is 83.6 Å². The highest BCUT2D eigenvalue weighted by atomic mass is 16.6. The van der Waals surface area contributed by atoms with E-state index in [1.54, 1.807) is 6.92 Å². The molecule has 0 aliphatic heterocycles. The molecule has 0 aliphatic carbocycles. The van der Waals surface area contributed by atoms with Gasteiger partial charge in [-0.1, -0.05) is 35.5 Å². The second kappa shape index (κ2) is 5.76. The van der Waals surface area contributed by atoms with Gasteiger partial charge in [-0.2, -0.15) is 5.26 Å². The van der Waals surface area contributed by atoms with Crippen LogP contribution < -0.4 is 0 Å². The average Bonchev–Trinajstić information content (AvgIpc) is 2.25. The maximum Gasteiger partial charge on any atom is 0.142 e. The summed E-state index contributed by atoms with van der Waals surface area (Å²) < 4.78 is 0. The number of nitriles is 1. The molecule has 1 atom stereocenters. The molecule has 0 amide bonds. The van der Waals surface area contributed by atoms with Crippen molar-refractivity contribution in [3.05, 3.63) is 35.9 Å². The van der Waals surface area contributed by atoms with E-state index in [1.165, 1.54) is 6.21 Å². The van der Waals surface area contributed by atoms with Crippen molar-refractivity contribution in [2.24, 2.45) is 11.1 Å². The number of hydrogen-bond acceptors (Lipinski definition) is 3. The lowest BCUT2D eigenvalue weighted by Crippen LogP contribution is -1.92. The van der Waals surface area contributed by atoms with Crippen molar-refractivity contribution < 1.29 is 4.84 Å². The molecular formula is C11H12N2O. The van der Waals surface area contributed by atoms with E-state index in [2.05, 4.69) is 5.16 Å². The number of hydrogen-bond donors (Lipinski definition) is 0. The summed E-state index contributed by atoms with van der Waals surface area (Å²) in [7, 11) is 0. The molecule has 0 saturated carbocycles. The van der Waals surface area contributed by atoms with E-state index in [1.807, 2.05) is 36.4 Å². The van der Waals surface area contributed by atoms with Crippen LogP contribution in [0.3, 0.4) is 0 Å². The van der Waals surface area contributed by atoms with Crippen molar-refractivity contribution in [1.82, 2.24) is 0 Å². The van der Waals surface area contributed by atoms with Crippen LogP contribution in [0.5, 0.6) is 0 Å². The first-order chi connectivity index (χ1) is 6.83. The average molecular weight is 188 g/mol. The zero-order chi connectivity index (χ0) is 10.2. The Balaban J connectivity index is 2.30. The van der Waals surface area contributed by atoms with Gasteiger partial charge in [0.2, 0.25) is 0 Å². The third-order valence-corrected chi connectivity index (χ3v) is 1.64. The molecule has 1 rings (SSSR count). The number of benzene rings is 1. The molecule has 0 heterocycles. The van der Waals surface area contributed by atoms with Crippen molar-refractivity contribution in [3.63, 3.8) is 0 Å². The van der Waals surface area contributed by atoms with Gasteiger partial charge in [0.05, 0.1) is 18.2 Å². The van der Waals surface area contributed by atoms with E-state index < -0.39 is 0 Å². The second-order valence-corrected chi connectivity index (χ2v) is 2.93.